The number of hydrogen-bond acceptors (Lipinski definition) is 4. The minimum atomic E-state index is -2.25. The average molecular weight is 265 g/mol. The zero-order valence-corrected chi connectivity index (χ0v) is 9.42. The van der Waals surface area contributed by atoms with Crippen LogP contribution in [0.5, 0.6) is 0 Å². The summed E-state index contributed by atoms with van der Waals surface area (Å²) in [6, 6.07) is 0. The van der Waals surface area contributed by atoms with Crippen molar-refractivity contribution in [1.29, 1.82) is 0 Å². The molecule has 0 bridgehead atoms. The maximum Gasteiger partial charge on any atom is 2.00 e. The van der Waals surface area contributed by atoms with Crippen LogP contribution in [-0.2, 0) is 31.5 Å². The molecule has 1 aliphatic rings. The Morgan fingerprint density at radius 1 is 1.29 bits per heavy atom. The van der Waals surface area contributed by atoms with Gasteiger partial charge in [0, 0.05) is 21.7 Å². The molecule has 0 radical (unpaired) electrons. The van der Waals surface area contributed by atoms with Gasteiger partial charge in [0.1, 0.15) is 0 Å². The predicted octanol–water partition coefficient (Wildman–Crippen LogP) is -1.61. The quantitative estimate of drug-likeness (QED) is 0.239. The van der Waals surface area contributed by atoms with Gasteiger partial charge in [0.2, 0.25) is 0 Å². The number of aliphatic hydroxyl groups is 2. The third-order valence-corrected chi connectivity index (χ3v) is 0.232. The van der Waals surface area contributed by atoms with Crippen LogP contribution in [0.3, 0.4) is 0 Å². The summed E-state index contributed by atoms with van der Waals surface area (Å²) in [5.41, 5.74) is 0. The van der Waals surface area contributed by atoms with Crippen LogP contribution in [0.2, 0.25) is 0 Å². The Morgan fingerprint density at radius 3 is 1.43 bits per heavy atom. The topological polar surface area (TPSA) is 65.5 Å². The van der Waals surface area contributed by atoms with Crippen molar-refractivity contribution in [3.8, 4) is 0 Å². The van der Waals surface area contributed by atoms with E-state index >= 15 is 0 Å². The van der Waals surface area contributed by atoms with Crippen LogP contribution in [0.25, 0.3) is 0 Å². The Hall–Kier alpha value is 2.13. The Bertz CT molecular complexity index is 56.5. The minimum absolute atomic E-state index is 0. The fourth-order valence-corrected chi connectivity index (χ4v) is 0.0373. The molecule has 0 amide bonds. The van der Waals surface area contributed by atoms with Gasteiger partial charge in [0.15, 0.2) is 0 Å². The molecule has 0 spiro atoms. The maximum absolute atomic E-state index is 7.74. The summed E-state index contributed by atoms with van der Waals surface area (Å²) in [4.78, 5) is 7.01. The smallest absolute Gasteiger partial charge is 1.00 e. The van der Waals surface area contributed by atoms with E-state index in [0.29, 0.717) is 0 Å². The van der Waals surface area contributed by atoms with E-state index in [9.17, 15) is 0 Å². The van der Waals surface area contributed by atoms with E-state index in [1.165, 1.54) is 0 Å². The van der Waals surface area contributed by atoms with Gasteiger partial charge in [-0.1, -0.05) is 0 Å². The first-order valence-corrected chi connectivity index (χ1v) is 1.02. The summed E-state index contributed by atoms with van der Waals surface area (Å²) >= 11 is 0. The second-order valence-corrected chi connectivity index (χ2v) is 0.715. The van der Waals surface area contributed by atoms with Gasteiger partial charge < -0.3 is 13.1 Å². The summed E-state index contributed by atoms with van der Waals surface area (Å²) in [5.74, 6) is 0. The van der Waals surface area contributed by atoms with Gasteiger partial charge in [-0.25, -0.2) is 0 Å². The Labute approximate surface area is 98.0 Å². The largest absolute Gasteiger partial charge is 2.00 e. The molecule has 0 atom stereocenters. The fraction of sp³-hybridized carbons (Fsp3) is 1.00. The average Bonchev–Trinajstić information content (AvgIpc) is 1.76. The molecule has 7 heavy (non-hydrogen) atoms. The van der Waals surface area contributed by atoms with Gasteiger partial charge in [0.25, 0.3) is 0 Å². The van der Waals surface area contributed by atoms with Gasteiger partial charge >= 0.3 is 55.0 Å². The van der Waals surface area contributed by atoms with Crippen molar-refractivity contribution < 1.29 is 44.6 Å². The SMILES string of the molecule is OC1(O)OO1.[Ba+2].[H-].[H-].[Ti]. The fourth-order valence-electron chi connectivity index (χ4n) is 0.0373. The molecule has 0 aliphatic carbocycles. The van der Waals surface area contributed by atoms with Crippen LogP contribution in [0, 0.1) is 0 Å². The first kappa shape index (κ1) is 11.9. The van der Waals surface area contributed by atoms with E-state index in [4.69, 9.17) is 10.2 Å². The summed E-state index contributed by atoms with van der Waals surface area (Å²) in [7, 11) is 0. The molecule has 0 aromatic carbocycles. The summed E-state index contributed by atoms with van der Waals surface area (Å²) in [5, 5.41) is 15.5. The number of hydrogen-bond donors (Lipinski definition) is 2. The molecule has 0 aromatic heterocycles. The molecule has 1 heterocycles. The van der Waals surface area contributed by atoms with Crippen molar-refractivity contribution in [2.45, 2.75) is 6.16 Å². The first-order valence-electron chi connectivity index (χ1n) is 1.02. The van der Waals surface area contributed by atoms with Crippen molar-refractivity contribution in [2.24, 2.45) is 0 Å². The van der Waals surface area contributed by atoms with Crippen molar-refractivity contribution in [1.82, 2.24) is 0 Å². The molecule has 0 saturated carbocycles. The normalized spacial score (nSPS) is 21.4. The third kappa shape index (κ3) is 6.01. The molecule has 4 nitrogen and oxygen atoms in total. The molecule has 1 aliphatic heterocycles. The van der Waals surface area contributed by atoms with E-state index in [1.807, 2.05) is 0 Å². The summed E-state index contributed by atoms with van der Waals surface area (Å²) in [6.45, 7) is 0. The molecule has 1 saturated heterocycles. The van der Waals surface area contributed by atoms with Crippen LogP contribution in [-0.4, -0.2) is 65.3 Å². The monoisotopic (exact) mass is 266 g/mol. The van der Waals surface area contributed by atoms with Gasteiger partial charge in [0.05, 0.1) is 0 Å². The van der Waals surface area contributed by atoms with E-state index in [2.05, 4.69) is 9.78 Å². The van der Waals surface area contributed by atoms with Crippen molar-refractivity contribution in [3.05, 3.63) is 0 Å². The van der Waals surface area contributed by atoms with Crippen LogP contribution in [0.4, 0.5) is 0 Å². The summed E-state index contributed by atoms with van der Waals surface area (Å²) in [6.07, 6.45) is -2.25. The Balaban J connectivity index is -0.0000000312. The number of rotatable bonds is 0. The summed E-state index contributed by atoms with van der Waals surface area (Å²) < 4.78 is 0. The Kier molecular flexibility index (Phi) is 6.82. The molecule has 6 heteroatoms. The van der Waals surface area contributed by atoms with E-state index in [1.54, 1.807) is 0 Å². The zero-order chi connectivity index (χ0) is 3.91. The third-order valence-electron chi connectivity index (χ3n) is 0.232. The second-order valence-electron chi connectivity index (χ2n) is 0.715. The van der Waals surface area contributed by atoms with Gasteiger partial charge in [-0.15, -0.1) is 9.78 Å². The van der Waals surface area contributed by atoms with Crippen molar-refractivity contribution in [3.63, 3.8) is 0 Å². The maximum atomic E-state index is 7.74. The van der Waals surface area contributed by atoms with E-state index in [-0.39, 0.29) is 73.5 Å². The Morgan fingerprint density at radius 2 is 1.43 bits per heavy atom. The molecule has 0 unspecified atom stereocenters. The van der Waals surface area contributed by atoms with Crippen molar-refractivity contribution >= 4 is 48.9 Å². The molecule has 38 valence electrons. The molecule has 0 aromatic rings. The zero-order valence-electron chi connectivity index (χ0n) is 5.42. The van der Waals surface area contributed by atoms with Crippen LogP contribution >= 0.6 is 0 Å². The van der Waals surface area contributed by atoms with Gasteiger partial charge in [-0.3, -0.25) is 0 Å². The van der Waals surface area contributed by atoms with Crippen molar-refractivity contribution in [2.75, 3.05) is 0 Å². The van der Waals surface area contributed by atoms with E-state index in [0.717, 1.165) is 0 Å². The van der Waals surface area contributed by atoms with Gasteiger partial charge in [-0.2, -0.15) is 0 Å². The predicted molar refractivity (Wildman–Crippen MR) is 17.3 cm³/mol. The molecule has 2 N–H and O–H groups in total. The first-order chi connectivity index (χ1) is 2.21. The van der Waals surface area contributed by atoms with Crippen LogP contribution < -0.4 is 0 Å². The van der Waals surface area contributed by atoms with Crippen LogP contribution in [0.15, 0.2) is 0 Å². The van der Waals surface area contributed by atoms with Crippen LogP contribution in [0.1, 0.15) is 2.85 Å². The van der Waals surface area contributed by atoms with Gasteiger partial charge in [-0.05, 0) is 0 Å². The molecular weight excluding hydrogens is 261 g/mol. The van der Waals surface area contributed by atoms with E-state index < -0.39 is 6.16 Å². The molecular formula is CH4BaO4Ti. The minimum Gasteiger partial charge on any atom is -1.00 e. The molecule has 1 rings (SSSR count). The second kappa shape index (κ2) is 4.02. The molecule has 1 fully saturated rings. The standard InChI is InChI=1S/CH2O4.Ba.Ti.2H/c2-1(3)4-5-1;;;;/h2-3H;;;;/q;+2;;2*-1.